The van der Waals surface area contributed by atoms with Gasteiger partial charge < -0.3 is 10.5 Å². The lowest BCUT2D eigenvalue weighted by Gasteiger charge is -1.97. The summed E-state index contributed by atoms with van der Waals surface area (Å²) in [6.07, 6.45) is 3.54. The van der Waals surface area contributed by atoms with E-state index in [9.17, 15) is 4.79 Å². The molecular formula is C16H17NO2+2. The highest BCUT2D eigenvalue weighted by Crippen LogP contribution is 2.12. The van der Waals surface area contributed by atoms with E-state index in [2.05, 4.69) is 5.73 Å². The van der Waals surface area contributed by atoms with Crippen LogP contribution < -0.4 is 10.5 Å². The Hall–Kier alpha value is -2.39. The molecule has 0 spiro atoms. The molecule has 0 amide bonds. The number of hydrogen-bond acceptors (Lipinski definition) is 1. The maximum absolute atomic E-state index is 9.98. The molecule has 3 heteroatoms. The van der Waals surface area contributed by atoms with Crippen molar-refractivity contribution in [1.29, 1.82) is 0 Å². The minimum atomic E-state index is 0.223. The lowest BCUT2D eigenvalue weighted by molar-refractivity contribution is -0.254. The minimum Gasteiger partial charge on any atom is -0.497 e. The Morgan fingerprint density at radius 3 is 2.26 bits per heavy atom. The fraction of sp³-hybridized carbons (Fsp3) is 0.0625. The van der Waals surface area contributed by atoms with Gasteiger partial charge in [0.15, 0.2) is 0 Å². The van der Waals surface area contributed by atoms with Crippen molar-refractivity contribution in [2.45, 2.75) is 0 Å². The van der Waals surface area contributed by atoms with E-state index < -0.39 is 0 Å². The third-order valence-corrected chi connectivity index (χ3v) is 2.80. The van der Waals surface area contributed by atoms with E-state index in [1.807, 2.05) is 54.6 Å². The largest absolute Gasteiger partial charge is 0.497 e. The van der Waals surface area contributed by atoms with Crippen molar-refractivity contribution >= 4 is 17.5 Å². The van der Waals surface area contributed by atoms with Crippen molar-refractivity contribution in [2.24, 2.45) is 0 Å². The highest BCUT2D eigenvalue weighted by atomic mass is 16.5. The topological polar surface area (TPSA) is 58.3 Å². The van der Waals surface area contributed by atoms with Crippen LogP contribution in [0.5, 0.6) is 5.75 Å². The Bertz CT molecular complexity index is 583. The highest BCUT2D eigenvalue weighted by Gasteiger charge is 2.07. The molecule has 0 saturated carbocycles. The van der Waals surface area contributed by atoms with Crippen molar-refractivity contribution in [1.82, 2.24) is 0 Å². The van der Waals surface area contributed by atoms with Gasteiger partial charge in [-0.3, -0.25) is 4.79 Å². The molecule has 0 aromatic heterocycles. The van der Waals surface area contributed by atoms with E-state index in [1.54, 1.807) is 13.2 Å². The van der Waals surface area contributed by atoms with Gasteiger partial charge in [-0.05, 0) is 60.2 Å². The molecule has 2 aromatic carbocycles. The molecule has 0 atom stereocenters. The summed E-state index contributed by atoms with van der Waals surface area (Å²) in [6, 6.07) is 15.1. The summed E-state index contributed by atoms with van der Waals surface area (Å²) >= 11 is 0. The Morgan fingerprint density at radius 2 is 1.68 bits per heavy atom. The van der Waals surface area contributed by atoms with Gasteiger partial charge >= 0.3 is 5.78 Å². The predicted octanol–water partition coefficient (Wildman–Crippen LogP) is 2.17. The maximum Gasteiger partial charge on any atom is 0.347 e. The number of quaternary nitrogens is 1. The monoisotopic (exact) mass is 255 g/mol. The number of hydrogen-bond donors (Lipinski definition) is 1. The second-order valence-corrected chi connectivity index (χ2v) is 4.19. The molecule has 2 rings (SSSR count). The van der Waals surface area contributed by atoms with E-state index in [1.165, 1.54) is 0 Å². The molecule has 0 fully saturated rings. The van der Waals surface area contributed by atoms with Crippen LogP contribution in [0, 0.1) is 0 Å². The summed E-state index contributed by atoms with van der Waals surface area (Å²) in [5.74, 6) is 0.993. The second-order valence-electron chi connectivity index (χ2n) is 4.19. The van der Waals surface area contributed by atoms with Gasteiger partial charge in [0.2, 0.25) is 0 Å². The summed E-state index contributed by atoms with van der Waals surface area (Å²) < 4.78 is 5.07. The second kappa shape index (κ2) is 5.98. The molecule has 0 aliphatic heterocycles. The zero-order valence-corrected chi connectivity index (χ0v) is 10.8. The molecule has 19 heavy (non-hydrogen) atoms. The van der Waals surface area contributed by atoms with Gasteiger partial charge in [-0.1, -0.05) is 0 Å². The van der Waals surface area contributed by atoms with Gasteiger partial charge in [-0.25, -0.2) is 0 Å². The van der Waals surface area contributed by atoms with Gasteiger partial charge in [0.05, 0.1) is 12.7 Å². The highest BCUT2D eigenvalue weighted by molar-refractivity contribution is 6.07. The van der Waals surface area contributed by atoms with Crippen molar-refractivity contribution in [3.05, 3.63) is 65.7 Å². The van der Waals surface area contributed by atoms with Crippen molar-refractivity contribution in [3.8, 4) is 5.75 Å². The number of rotatable bonds is 4. The Labute approximate surface area is 112 Å². The standard InChI is InChI=1S/C16H15NO2/c1-19-15-9-5-13(6-10-15)16(18)11-4-12-2-7-14(17)8-3-12/h2-11H,17H2,1H3/p+2/b11-4+. The van der Waals surface area contributed by atoms with Crippen LogP contribution in [0.3, 0.4) is 0 Å². The number of ketones is 1. The van der Waals surface area contributed by atoms with E-state index in [0.29, 0.717) is 0 Å². The molecule has 0 bridgehead atoms. The van der Waals surface area contributed by atoms with Crippen LogP contribution in [0.4, 0.5) is 5.69 Å². The van der Waals surface area contributed by atoms with E-state index >= 15 is 0 Å². The average molecular weight is 255 g/mol. The molecule has 0 saturated heterocycles. The molecule has 2 aromatic rings. The van der Waals surface area contributed by atoms with Crippen LogP contribution in [0.2, 0.25) is 0 Å². The SMILES string of the molecule is COc1ccc(C(=[OH+])/C=C/c2ccc([NH3+])cc2)cc1. The summed E-state index contributed by atoms with van der Waals surface area (Å²) in [6.45, 7) is 0. The lowest BCUT2D eigenvalue weighted by Crippen LogP contribution is -2.39. The van der Waals surface area contributed by atoms with Gasteiger partial charge in [-0.2, -0.15) is 0 Å². The number of allylic oxidation sites excluding steroid dienone is 1. The molecular weight excluding hydrogens is 238 g/mol. The summed E-state index contributed by atoms with van der Waals surface area (Å²) in [5, 5.41) is 0. The minimum absolute atomic E-state index is 0.223. The summed E-state index contributed by atoms with van der Waals surface area (Å²) in [7, 11) is 1.62. The molecule has 3 nitrogen and oxygen atoms in total. The number of carbonyl (C=O) groups excluding carboxylic acids is 1. The first-order chi connectivity index (χ1) is 9.19. The quantitative estimate of drug-likeness (QED) is 0.508. The normalized spacial score (nSPS) is 10.6. The molecule has 0 aliphatic carbocycles. The third kappa shape index (κ3) is 3.53. The third-order valence-electron chi connectivity index (χ3n) is 2.80. The Balaban J connectivity index is 2.09. The first-order valence-corrected chi connectivity index (χ1v) is 5.99. The molecule has 0 unspecified atom stereocenters. The van der Waals surface area contributed by atoms with Crippen LogP contribution in [-0.4, -0.2) is 17.7 Å². The molecule has 0 heterocycles. The van der Waals surface area contributed by atoms with Crippen LogP contribution in [-0.2, 0) is 0 Å². The van der Waals surface area contributed by atoms with E-state index in [0.717, 1.165) is 22.6 Å². The number of ether oxygens (including phenoxy) is 1. The van der Waals surface area contributed by atoms with Crippen molar-refractivity contribution in [2.75, 3.05) is 7.11 Å². The average Bonchev–Trinajstić information content (AvgIpc) is 2.46. The molecule has 4 N–H and O–H groups in total. The first kappa shape index (κ1) is 13.1. The summed E-state index contributed by atoms with van der Waals surface area (Å²) in [5.41, 5.74) is 6.58. The Morgan fingerprint density at radius 1 is 1.05 bits per heavy atom. The Kier molecular flexibility index (Phi) is 4.11. The summed E-state index contributed by atoms with van der Waals surface area (Å²) in [4.78, 5) is 9.98. The number of methoxy groups -OCH3 is 1. The molecule has 0 aliphatic rings. The van der Waals surface area contributed by atoms with Gasteiger partial charge in [-0.15, -0.1) is 0 Å². The number of benzene rings is 2. The van der Waals surface area contributed by atoms with E-state index in [-0.39, 0.29) is 5.78 Å². The van der Waals surface area contributed by atoms with Crippen LogP contribution in [0.1, 0.15) is 11.1 Å². The van der Waals surface area contributed by atoms with Crippen LogP contribution in [0.15, 0.2) is 54.6 Å². The smallest absolute Gasteiger partial charge is 0.347 e. The zero-order valence-electron chi connectivity index (χ0n) is 10.8. The predicted molar refractivity (Wildman–Crippen MR) is 77.1 cm³/mol. The van der Waals surface area contributed by atoms with Gasteiger partial charge in [0.25, 0.3) is 0 Å². The fourth-order valence-electron chi connectivity index (χ4n) is 1.66. The van der Waals surface area contributed by atoms with Gasteiger partial charge in [0, 0.05) is 6.08 Å². The van der Waals surface area contributed by atoms with Crippen LogP contribution >= 0.6 is 0 Å². The van der Waals surface area contributed by atoms with E-state index in [4.69, 9.17) is 4.74 Å². The van der Waals surface area contributed by atoms with Crippen molar-refractivity contribution in [3.63, 3.8) is 0 Å². The van der Waals surface area contributed by atoms with Gasteiger partial charge in [0.1, 0.15) is 11.4 Å². The van der Waals surface area contributed by atoms with Crippen LogP contribution in [0.25, 0.3) is 6.08 Å². The lowest BCUT2D eigenvalue weighted by atomic mass is 10.1. The molecule has 96 valence electrons. The fourth-order valence-corrected chi connectivity index (χ4v) is 1.66. The maximum atomic E-state index is 9.98. The van der Waals surface area contributed by atoms with Crippen molar-refractivity contribution < 1.29 is 15.3 Å². The molecule has 0 radical (unpaired) electrons. The zero-order chi connectivity index (χ0) is 13.7. The first-order valence-electron chi connectivity index (χ1n) is 5.99.